The summed E-state index contributed by atoms with van der Waals surface area (Å²) >= 11 is 0. The smallest absolute Gasteiger partial charge is 0.0755 e. The molecule has 3 atom stereocenters. The largest absolute Gasteiger partial charge is 0.371 e. The van der Waals surface area contributed by atoms with Gasteiger partial charge in [-0.05, 0) is 31.4 Å². The van der Waals surface area contributed by atoms with Gasteiger partial charge in [-0.1, -0.05) is 18.2 Å². The maximum atomic E-state index is 6.05. The van der Waals surface area contributed by atoms with Crippen LogP contribution in [0.2, 0.25) is 0 Å². The number of nitrogens with two attached hydrogens (primary N) is 1. The molecule has 2 fully saturated rings. The number of para-hydroxylation sites is 1. The second-order valence-corrected chi connectivity index (χ2v) is 5.21. The van der Waals surface area contributed by atoms with Gasteiger partial charge in [0, 0.05) is 24.8 Å². The molecule has 2 aliphatic rings. The van der Waals surface area contributed by atoms with Gasteiger partial charge < -0.3 is 15.4 Å². The number of rotatable bonds is 2. The number of hydrogen-bond acceptors (Lipinski definition) is 3. The highest BCUT2D eigenvalue weighted by Gasteiger charge is 2.34. The molecule has 2 bridgehead atoms. The Bertz CT molecular complexity index is 393. The van der Waals surface area contributed by atoms with E-state index < -0.39 is 0 Å². The molecule has 0 amide bonds. The fourth-order valence-corrected chi connectivity index (χ4v) is 2.97. The lowest BCUT2D eigenvalue weighted by Gasteiger charge is -2.35. The van der Waals surface area contributed by atoms with Gasteiger partial charge in [0.15, 0.2) is 0 Å². The summed E-state index contributed by atoms with van der Waals surface area (Å²) in [6.07, 6.45) is 3.27. The Morgan fingerprint density at radius 1 is 1.24 bits per heavy atom. The third kappa shape index (κ3) is 2.05. The zero-order valence-corrected chi connectivity index (χ0v) is 10.3. The molecule has 3 nitrogen and oxygen atoms in total. The summed E-state index contributed by atoms with van der Waals surface area (Å²) in [5.74, 6) is 0. The van der Waals surface area contributed by atoms with Crippen molar-refractivity contribution in [1.29, 1.82) is 0 Å². The molecule has 2 heterocycles. The first-order valence-electron chi connectivity index (χ1n) is 6.49. The van der Waals surface area contributed by atoms with Crippen LogP contribution in [0, 0.1) is 0 Å². The molecule has 2 saturated heterocycles. The molecule has 0 aliphatic carbocycles. The van der Waals surface area contributed by atoms with Crippen LogP contribution in [0.5, 0.6) is 0 Å². The number of benzene rings is 1. The maximum absolute atomic E-state index is 6.05. The average Bonchev–Trinajstić information content (AvgIpc) is 2.68. The maximum Gasteiger partial charge on any atom is 0.0755 e. The predicted molar refractivity (Wildman–Crippen MR) is 69.2 cm³/mol. The van der Waals surface area contributed by atoms with Gasteiger partial charge in [-0.3, -0.25) is 0 Å². The zero-order chi connectivity index (χ0) is 11.8. The van der Waals surface area contributed by atoms with E-state index in [2.05, 4.69) is 29.2 Å². The molecule has 0 radical (unpaired) electrons. The number of morpholine rings is 1. The van der Waals surface area contributed by atoms with E-state index in [0.29, 0.717) is 12.2 Å². The van der Waals surface area contributed by atoms with E-state index in [4.69, 9.17) is 10.5 Å². The summed E-state index contributed by atoms with van der Waals surface area (Å²) in [7, 11) is 0. The molecule has 0 saturated carbocycles. The minimum Gasteiger partial charge on any atom is -0.371 e. The molecular weight excluding hydrogens is 212 g/mol. The van der Waals surface area contributed by atoms with Crippen molar-refractivity contribution in [2.24, 2.45) is 5.73 Å². The van der Waals surface area contributed by atoms with E-state index in [0.717, 1.165) is 13.1 Å². The average molecular weight is 232 g/mol. The number of hydrogen-bond donors (Lipinski definition) is 1. The Kier molecular flexibility index (Phi) is 2.81. The van der Waals surface area contributed by atoms with Crippen molar-refractivity contribution in [3.63, 3.8) is 0 Å². The first kappa shape index (κ1) is 11.1. The van der Waals surface area contributed by atoms with Crippen LogP contribution >= 0.6 is 0 Å². The number of fused-ring (bicyclic) bond motifs is 2. The molecule has 3 heteroatoms. The zero-order valence-electron chi connectivity index (χ0n) is 10.3. The third-order valence-electron chi connectivity index (χ3n) is 3.81. The molecule has 92 valence electrons. The number of ether oxygens (including phenoxy) is 1. The fraction of sp³-hybridized carbons (Fsp3) is 0.571. The minimum absolute atomic E-state index is 0.0895. The molecule has 1 aromatic carbocycles. The summed E-state index contributed by atoms with van der Waals surface area (Å²) in [5, 5.41) is 0. The van der Waals surface area contributed by atoms with Gasteiger partial charge in [-0.2, -0.15) is 0 Å². The van der Waals surface area contributed by atoms with Crippen molar-refractivity contribution in [2.75, 3.05) is 18.0 Å². The number of nitrogens with zero attached hydrogens (tertiary/aromatic N) is 1. The third-order valence-corrected chi connectivity index (χ3v) is 3.81. The van der Waals surface area contributed by atoms with Crippen molar-refractivity contribution in [3.05, 3.63) is 29.8 Å². The van der Waals surface area contributed by atoms with E-state index >= 15 is 0 Å². The first-order valence-corrected chi connectivity index (χ1v) is 6.49. The Morgan fingerprint density at radius 2 is 1.88 bits per heavy atom. The number of anilines is 1. The van der Waals surface area contributed by atoms with E-state index in [1.807, 2.05) is 6.92 Å². The Labute approximate surface area is 103 Å². The van der Waals surface area contributed by atoms with Crippen molar-refractivity contribution in [2.45, 2.75) is 38.0 Å². The summed E-state index contributed by atoms with van der Waals surface area (Å²) in [6, 6.07) is 8.57. The lowest BCUT2D eigenvalue weighted by Crippen LogP contribution is -2.43. The first-order chi connectivity index (χ1) is 8.24. The van der Waals surface area contributed by atoms with Crippen molar-refractivity contribution >= 4 is 5.69 Å². The quantitative estimate of drug-likeness (QED) is 0.848. The van der Waals surface area contributed by atoms with Crippen molar-refractivity contribution in [1.82, 2.24) is 0 Å². The van der Waals surface area contributed by atoms with Crippen LogP contribution < -0.4 is 10.6 Å². The van der Waals surface area contributed by atoms with Gasteiger partial charge in [-0.15, -0.1) is 0 Å². The van der Waals surface area contributed by atoms with Crippen LogP contribution in [0.1, 0.15) is 31.4 Å². The molecular formula is C14H20N2O. The highest BCUT2D eigenvalue weighted by Crippen LogP contribution is 2.32. The summed E-state index contributed by atoms with van der Waals surface area (Å²) < 4.78 is 5.88. The molecule has 3 unspecified atom stereocenters. The standard InChI is InChI=1S/C14H20N2O/c1-10(15)13-4-2-3-5-14(13)16-8-11-6-7-12(9-16)17-11/h2-5,10-12H,6-9,15H2,1H3. The Balaban J connectivity index is 1.88. The lowest BCUT2D eigenvalue weighted by molar-refractivity contribution is 0.0304. The van der Waals surface area contributed by atoms with Crippen LogP contribution in [0.15, 0.2) is 24.3 Å². The molecule has 0 spiro atoms. The molecule has 1 aromatic rings. The second-order valence-electron chi connectivity index (χ2n) is 5.21. The highest BCUT2D eigenvalue weighted by molar-refractivity contribution is 5.55. The second kappa shape index (κ2) is 4.31. The summed E-state index contributed by atoms with van der Waals surface area (Å²) in [5.41, 5.74) is 8.59. The van der Waals surface area contributed by atoms with Crippen LogP contribution in [0.3, 0.4) is 0 Å². The molecule has 2 N–H and O–H groups in total. The van der Waals surface area contributed by atoms with Gasteiger partial charge in [0.2, 0.25) is 0 Å². The topological polar surface area (TPSA) is 38.5 Å². The SMILES string of the molecule is CC(N)c1ccccc1N1CC2CCC(C1)O2. The van der Waals surface area contributed by atoms with Crippen LogP contribution in [-0.4, -0.2) is 25.3 Å². The van der Waals surface area contributed by atoms with Crippen LogP contribution in [-0.2, 0) is 4.74 Å². The normalized spacial score (nSPS) is 29.4. The van der Waals surface area contributed by atoms with E-state index in [9.17, 15) is 0 Å². The van der Waals surface area contributed by atoms with Gasteiger partial charge in [0.25, 0.3) is 0 Å². The fourth-order valence-electron chi connectivity index (χ4n) is 2.97. The van der Waals surface area contributed by atoms with Crippen molar-refractivity contribution < 1.29 is 4.74 Å². The minimum atomic E-state index is 0.0895. The summed E-state index contributed by atoms with van der Waals surface area (Å²) in [4.78, 5) is 2.45. The predicted octanol–water partition coefficient (Wildman–Crippen LogP) is 2.07. The van der Waals surface area contributed by atoms with Gasteiger partial charge >= 0.3 is 0 Å². The Morgan fingerprint density at radius 3 is 2.53 bits per heavy atom. The highest BCUT2D eigenvalue weighted by atomic mass is 16.5. The van der Waals surface area contributed by atoms with Crippen LogP contribution in [0.4, 0.5) is 5.69 Å². The Hall–Kier alpha value is -1.06. The lowest BCUT2D eigenvalue weighted by atomic mass is 10.1. The van der Waals surface area contributed by atoms with E-state index in [-0.39, 0.29) is 6.04 Å². The summed E-state index contributed by atoms with van der Waals surface area (Å²) in [6.45, 7) is 4.08. The molecule has 17 heavy (non-hydrogen) atoms. The van der Waals surface area contributed by atoms with Gasteiger partial charge in [0.05, 0.1) is 12.2 Å². The van der Waals surface area contributed by atoms with Crippen molar-refractivity contribution in [3.8, 4) is 0 Å². The van der Waals surface area contributed by atoms with Gasteiger partial charge in [0.1, 0.15) is 0 Å². The monoisotopic (exact) mass is 232 g/mol. The van der Waals surface area contributed by atoms with Crippen LogP contribution in [0.25, 0.3) is 0 Å². The molecule has 2 aliphatic heterocycles. The molecule has 0 aromatic heterocycles. The van der Waals surface area contributed by atoms with E-state index in [1.165, 1.54) is 24.1 Å². The van der Waals surface area contributed by atoms with E-state index in [1.54, 1.807) is 0 Å². The van der Waals surface area contributed by atoms with Gasteiger partial charge in [-0.25, -0.2) is 0 Å². The molecule has 3 rings (SSSR count).